The van der Waals surface area contributed by atoms with Crippen molar-refractivity contribution in [2.24, 2.45) is 5.92 Å². The van der Waals surface area contributed by atoms with Crippen molar-refractivity contribution in [3.63, 3.8) is 0 Å². The highest BCUT2D eigenvalue weighted by Crippen LogP contribution is 2.19. The minimum Gasteiger partial charge on any atom is -0.342 e. The van der Waals surface area contributed by atoms with Crippen LogP contribution < -0.4 is 0 Å². The first-order valence-corrected chi connectivity index (χ1v) is 5.29. The third-order valence-electron chi connectivity index (χ3n) is 2.58. The molecule has 1 fully saturated rings. The van der Waals surface area contributed by atoms with Gasteiger partial charge in [-0.15, -0.1) is 0 Å². The number of hydrogen-bond acceptors (Lipinski definition) is 2. The van der Waals surface area contributed by atoms with Gasteiger partial charge in [-0.2, -0.15) is 12.6 Å². The minimum atomic E-state index is 0.191. The van der Waals surface area contributed by atoms with E-state index in [0.717, 1.165) is 25.4 Å². The van der Waals surface area contributed by atoms with Crippen molar-refractivity contribution >= 4 is 18.5 Å². The molecule has 0 radical (unpaired) electrons. The maximum Gasteiger partial charge on any atom is 0.232 e. The van der Waals surface area contributed by atoms with Crippen LogP contribution in [0.4, 0.5) is 0 Å². The lowest BCUT2D eigenvalue weighted by Gasteiger charge is -2.31. The van der Waals surface area contributed by atoms with E-state index in [1.54, 1.807) is 0 Å². The highest BCUT2D eigenvalue weighted by atomic mass is 32.1. The molecule has 0 aliphatic carbocycles. The average Bonchev–Trinajstić information content (AvgIpc) is 2.17. The number of nitrogens with zero attached hydrogens (tertiary/aromatic N) is 1. The summed E-state index contributed by atoms with van der Waals surface area (Å²) in [5, 5.41) is 0. The van der Waals surface area contributed by atoms with Crippen molar-refractivity contribution in [3.8, 4) is 0 Å². The molecular weight excluding hydrogens is 170 g/mol. The normalized spacial score (nSPS) is 24.2. The summed E-state index contributed by atoms with van der Waals surface area (Å²) in [5.74, 6) is 1.27. The number of likely N-dealkylation sites (tertiary alicyclic amines) is 1. The maximum absolute atomic E-state index is 11.3. The van der Waals surface area contributed by atoms with Crippen LogP contribution in [0.15, 0.2) is 0 Å². The highest BCUT2D eigenvalue weighted by Gasteiger charge is 2.20. The Balaban J connectivity index is 2.40. The van der Waals surface area contributed by atoms with E-state index < -0.39 is 0 Å². The Morgan fingerprint density at radius 3 is 3.00 bits per heavy atom. The van der Waals surface area contributed by atoms with Crippen molar-refractivity contribution in [3.05, 3.63) is 0 Å². The molecule has 1 aliphatic heterocycles. The van der Waals surface area contributed by atoms with E-state index in [4.69, 9.17) is 0 Å². The number of amides is 1. The first-order chi connectivity index (χ1) is 5.77. The number of piperidine rings is 1. The summed E-state index contributed by atoms with van der Waals surface area (Å²) in [6.45, 7) is 4.09. The van der Waals surface area contributed by atoms with Crippen LogP contribution in [0.25, 0.3) is 0 Å². The van der Waals surface area contributed by atoms with Crippen molar-refractivity contribution in [2.45, 2.75) is 26.2 Å². The highest BCUT2D eigenvalue weighted by molar-refractivity contribution is 7.81. The van der Waals surface area contributed by atoms with Crippen LogP contribution in [0.2, 0.25) is 0 Å². The van der Waals surface area contributed by atoms with Gasteiger partial charge in [0.1, 0.15) is 0 Å². The number of carbonyl (C=O) groups excluding carboxylic acids is 1. The van der Waals surface area contributed by atoms with Crippen LogP contribution in [0, 0.1) is 5.92 Å². The van der Waals surface area contributed by atoms with Gasteiger partial charge in [-0.3, -0.25) is 4.79 Å². The van der Waals surface area contributed by atoms with Gasteiger partial charge in [-0.25, -0.2) is 0 Å². The van der Waals surface area contributed by atoms with Gasteiger partial charge in [0.15, 0.2) is 0 Å². The lowest BCUT2D eigenvalue weighted by atomic mass is 9.96. The molecule has 0 bridgehead atoms. The van der Waals surface area contributed by atoms with Crippen LogP contribution >= 0.6 is 12.6 Å². The quantitative estimate of drug-likeness (QED) is 0.651. The molecule has 0 spiro atoms. The zero-order valence-corrected chi connectivity index (χ0v) is 8.52. The van der Waals surface area contributed by atoms with Crippen molar-refractivity contribution in [1.29, 1.82) is 0 Å². The zero-order valence-electron chi connectivity index (χ0n) is 7.62. The summed E-state index contributed by atoms with van der Waals surface area (Å²) in [4.78, 5) is 13.2. The van der Waals surface area contributed by atoms with Crippen molar-refractivity contribution < 1.29 is 4.79 Å². The largest absolute Gasteiger partial charge is 0.342 e. The first-order valence-electron chi connectivity index (χ1n) is 4.66. The molecular formula is C9H17NOS. The molecule has 0 aromatic carbocycles. The first kappa shape index (κ1) is 9.90. The molecule has 1 saturated heterocycles. The van der Waals surface area contributed by atoms with Gasteiger partial charge in [-0.05, 0) is 18.8 Å². The molecule has 12 heavy (non-hydrogen) atoms. The predicted octanol–water partition coefficient (Wildman–Crippen LogP) is 1.56. The third kappa shape index (κ3) is 2.41. The fourth-order valence-corrected chi connectivity index (χ4v) is 1.92. The summed E-state index contributed by atoms with van der Waals surface area (Å²) < 4.78 is 0. The Labute approximate surface area is 79.7 Å². The van der Waals surface area contributed by atoms with E-state index in [1.165, 1.54) is 12.8 Å². The Hall–Kier alpha value is -0.180. The van der Waals surface area contributed by atoms with Crippen molar-refractivity contribution in [1.82, 2.24) is 4.90 Å². The second-order valence-corrected chi connectivity index (χ2v) is 3.73. The maximum atomic E-state index is 11.3. The lowest BCUT2D eigenvalue weighted by molar-refractivity contribution is -0.130. The van der Waals surface area contributed by atoms with Gasteiger partial charge < -0.3 is 4.90 Å². The molecule has 0 N–H and O–H groups in total. The summed E-state index contributed by atoms with van der Waals surface area (Å²) in [7, 11) is 0. The molecule has 0 saturated carbocycles. The molecule has 0 aromatic rings. The Bertz CT molecular complexity index is 161. The van der Waals surface area contributed by atoms with E-state index in [2.05, 4.69) is 19.6 Å². The van der Waals surface area contributed by atoms with Crippen LogP contribution in [0.5, 0.6) is 0 Å². The number of rotatable bonds is 2. The SMILES string of the molecule is CCC1CCCN(C(=O)CS)C1. The fraction of sp³-hybridized carbons (Fsp3) is 0.889. The summed E-state index contributed by atoms with van der Waals surface area (Å²) in [6.07, 6.45) is 3.64. The molecule has 1 amide bonds. The second kappa shape index (κ2) is 4.75. The number of thiol groups is 1. The van der Waals surface area contributed by atoms with E-state index in [-0.39, 0.29) is 5.91 Å². The minimum absolute atomic E-state index is 0.191. The lowest BCUT2D eigenvalue weighted by Crippen LogP contribution is -2.40. The molecule has 2 nitrogen and oxygen atoms in total. The third-order valence-corrected chi connectivity index (χ3v) is 2.85. The predicted molar refractivity (Wildman–Crippen MR) is 53.4 cm³/mol. The monoisotopic (exact) mass is 187 g/mol. The van der Waals surface area contributed by atoms with Gasteiger partial charge in [0.2, 0.25) is 5.91 Å². The molecule has 0 aromatic heterocycles. The Morgan fingerprint density at radius 1 is 1.67 bits per heavy atom. The van der Waals surface area contributed by atoms with Crippen LogP contribution in [-0.2, 0) is 4.79 Å². The van der Waals surface area contributed by atoms with E-state index in [1.807, 2.05) is 4.90 Å². The summed E-state index contributed by atoms with van der Waals surface area (Å²) in [6, 6.07) is 0. The van der Waals surface area contributed by atoms with Crippen LogP contribution in [-0.4, -0.2) is 29.6 Å². The van der Waals surface area contributed by atoms with Crippen molar-refractivity contribution in [2.75, 3.05) is 18.8 Å². The Kier molecular flexibility index (Phi) is 3.92. The molecule has 3 heteroatoms. The molecule has 1 aliphatic rings. The smallest absolute Gasteiger partial charge is 0.232 e. The molecule has 1 heterocycles. The van der Waals surface area contributed by atoms with Gasteiger partial charge in [-0.1, -0.05) is 13.3 Å². The second-order valence-electron chi connectivity index (χ2n) is 3.41. The summed E-state index contributed by atoms with van der Waals surface area (Å²) in [5.41, 5.74) is 0. The Morgan fingerprint density at radius 2 is 2.42 bits per heavy atom. The van der Waals surface area contributed by atoms with Gasteiger partial charge in [0, 0.05) is 13.1 Å². The van der Waals surface area contributed by atoms with E-state index in [0.29, 0.717) is 5.75 Å². The van der Waals surface area contributed by atoms with Gasteiger partial charge in [0.05, 0.1) is 5.75 Å². The zero-order chi connectivity index (χ0) is 8.97. The number of carbonyl (C=O) groups is 1. The number of hydrogen-bond donors (Lipinski definition) is 1. The van der Waals surface area contributed by atoms with Crippen LogP contribution in [0.3, 0.4) is 0 Å². The molecule has 1 rings (SSSR count). The molecule has 70 valence electrons. The molecule has 1 unspecified atom stereocenters. The summed E-state index contributed by atoms with van der Waals surface area (Å²) >= 11 is 3.99. The van der Waals surface area contributed by atoms with Gasteiger partial charge >= 0.3 is 0 Å². The van der Waals surface area contributed by atoms with Crippen LogP contribution in [0.1, 0.15) is 26.2 Å². The standard InChI is InChI=1S/C9H17NOS/c1-2-8-4-3-5-10(6-8)9(11)7-12/h8,12H,2-7H2,1H3. The van der Waals surface area contributed by atoms with E-state index >= 15 is 0 Å². The fourth-order valence-electron chi connectivity index (χ4n) is 1.72. The average molecular weight is 187 g/mol. The molecule has 1 atom stereocenters. The topological polar surface area (TPSA) is 20.3 Å². The van der Waals surface area contributed by atoms with Gasteiger partial charge in [0.25, 0.3) is 0 Å². The van der Waals surface area contributed by atoms with E-state index in [9.17, 15) is 4.79 Å².